The summed E-state index contributed by atoms with van der Waals surface area (Å²) in [7, 11) is -0.667. The minimum Gasteiger partial charge on any atom is -0.481 e. The molecule has 4 atom stereocenters. The molecule has 74 heavy (non-hydrogen) atoms. The van der Waals surface area contributed by atoms with E-state index in [1.54, 1.807) is 42.4 Å². The lowest BCUT2D eigenvalue weighted by Crippen LogP contribution is -2.54. The third-order valence-electron chi connectivity index (χ3n) is 14.1. The van der Waals surface area contributed by atoms with Crippen LogP contribution in [-0.2, 0) is 19.1 Å². The molecule has 0 aromatic rings. The zero-order valence-electron chi connectivity index (χ0n) is 49.2. The van der Waals surface area contributed by atoms with Crippen LogP contribution in [-0.4, -0.2) is 233 Å². The molecule has 6 fully saturated rings. The number of amides is 8. The van der Waals surface area contributed by atoms with Crippen LogP contribution >= 0.6 is 9.18 Å². The van der Waals surface area contributed by atoms with Gasteiger partial charge in [-0.3, -0.25) is 14.0 Å². The Kier molecular flexibility index (Phi) is 24.1. The predicted molar refractivity (Wildman–Crippen MR) is 286 cm³/mol. The monoisotopic (exact) mass is 1080 g/mol. The number of carbonyl (C=O) groups excluding carboxylic acids is 5. The molecule has 6 aliphatic rings. The topological polar surface area (TPSA) is 225 Å². The minimum absolute atomic E-state index is 0.0213. The average molecular weight is 1080 g/mol. The highest BCUT2D eigenvalue weighted by Crippen LogP contribution is 2.30. The van der Waals surface area contributed by atoms with Crippen LogP contribution in [0.4, 0.5) is 28.4 Å². The van der Waals surface area contributed by atoms with Crippen LogP contribution in [0, 0.1) is 16.2 Å². The number of aliphatic hydroxyl groups is 1. The number of aliphatic carboxylic acids is 2. The van der Waals surface area contributed by atoms with Crippen LogP contribution in [0.5, 0.6) is 0 Å². The first-order valence-electron chi connectivity index (χ1n) is 27.5. The highest BCUT2D eigenvalue weighted by atomic mass is 31.0. The summed E-state index contributed by atoms with van der Waals surface area (Å²) in [6, 6.07) is 0.602. The van der Waals surface area contributed by atoms with E-state index in [9.17, 15) is 48.2 Å². The summed E-state index contributed by atoms with van der Waals surface area (Å²) >= 11 is 0. The van der Waals surface area contributed by atoms with Crippen molar-refractivity contribution in [2.24, 2.45) is 16.2 Å². The number of hydrogen-bond donors (Lipinski definition) is 3. The maximum absolute atomic E-state index is 12.5. The van der Waals surface area contributed by atoms with Crippen LogP contribution in [0.1, 0.15) is 142 Å². The van der Waals surface area contributed by atoms with E-state index in [2.05, 4.69) is 0 Å². The van der Waals surface area contributed by atoms with Crippen LogP contribution < -0.4 is 0 Å². The molecule has 0 spiro atoms. The number of carboxylic acid groups (broad SMARTS) is 2. The first-order valence-corrected chi connectivity index (χ1v) is 27.3. The van der Waals surface area contributed by atoms with Crippen molar-refractivity contribution in [3.8, 4) is 0 Å². The van der Waals surface area contributed by atoms with Gasteiger partial charge in [0.05, 0.1) is 38.8 Å². The Morgan fingerprint density at radius 3 is 1.26 bits per heavy atom. The summed E-state index contributed by atoms with van der Waals surface area (Å²) in [6.45, 7) is 31.9. The second-order valence-corrected chi connectivity index (χ2v) is 24.1. The van der Waals surface area contributed by atoms with Crippen molar-refractivity contribution in [3.63, 3.8) is 0 Å². The molecule has 428 valence electrons. The van der Waals surface area contributed by atoms with Crippen molar-refractivity contribution in [1.82, 2.24) is 39.2 Å². The van der Waals surface area contributed by atoms with Gasteiger partial charge in [0.1, 0.15) is 11.2 Å². The number of rotatable bonds is 15. The average Bonchev–Trinajstić information content (AvgIpc) is 3.93. The summed E-state index contributed by atoms with van der Waals surface area (Å²) in [5, 5.41) is 27.6. The van der Waals surface area contributed by atoms with Gasteiger partial charge in [-0.2, -0.15) is 0 Å². The third kappa shape index (κ3) is 20.0. The number of hydrogen-bond acceptors (Lipinski definition) is 10. The molecule has 6 heterocycles. The van der Waals surface area contributed by atoms with Crippen molar-refractivity contribution in [3.05, 3.63) is 0 Å². The predicted octanol–water partition coefficient (Wildman–Crippen LogP) is 7.62. The number of ether oxygens (including phenoxy) is 2. The fraction of sp³-hybridized carbons (Fsp3) is 0.865. The van der Waals surface area contributed by atoms with Gasteiger partial charge >= 0.3 is 42.2 Å². The second kappa shape index (κ2) is 28.7. The number of aliphatic hydroxyl groups excluding tert-OH is 1. The summed E-state index contributed by atoms with van der Waals surface area (Å²) in [5.74, 6) is -1.59. The largest absolute Gasteiger partial charge is 0.481 e. The van der Waals surface area contributed by atoms with Crippen molar-refractivity contribution in [2.75, 3.05) is 106 Å². The molecule has 0 aliphatic carbocycles. The van der Waals surface area contributed by atoms with Gasteiger partial charge in [0, 0.05) is 91.7 Å². The number of nitrogens with zero attached hydrogens (tertiary/aromatic N) is 8. The van der Waals surface area contributed by atoms with E-state index in [0.29, 0.717) is 106 Å². The van der Waals surface area contributed by atoms with Gasteiger partial charge in [0.2, 0.25) is 0 Å². The van der Waals surface area contributed by atoms with E-state index in [1.165, 1.54) is 6.42 Å². The molecule has 4 unspecified atom stereocenters. The standard InChI is InChI=1S/C18H31N3O5.C18H33N3O4.C14H24N2O3.CH3F.CH5P/c1-17(2,3)26-16(25)20-9-10-21-13(12-20)11-19(15(21)24)8-6-7-18(4,5)14(22)23;1-17(2,3)25-16(24)20-9-10-21-14(12-20)11-19(15(21)23)8-6-7-18(4,5)13-22;1-14(2,12(17)18)7-5-8-15-10-11-6-3-4-9-16(11)13(15)19;2*1-2/h13H,6-12H2,1-5H3,(H,22,23);14,22H,6-13H2,1-5H3;11H,3-10H2,1-2H3,(H,17,18);1H3;2H2,1H3/i;;;1D;2D. The number of urea groups is 3. The Hall–Kier alpha value is -4.39. The first kappa shape index (κ1) is 62.2. The van der Waals surface area contributed by atoms with Gasteiger partial charge in [-0.25, -0.2) is 24.0 Å². The molecule has 0 aromatic carbocycles. The van der Waals surface area contributed by atoms with Crippen molar-refractivity contribution < 1.29 is 64.1 Å². The molecular formula is C52H96FN8O12P. The summed E-state index contributed by atoms with van der Waals surface area (Å²) in [6.07, 6.45) is 7.07. The Labute approximate surface area is 446 Å². The molecule has 0 saturated carbocycles. The lowest BCUT2D eigenvalue weighted by atomic mass is 9.88. The van der Waals surface area contributed by atoms with Crippen LogP contribution in [0.2, 0.25) is 0 Å². The lowest BCUT2D eigenvalue weighted by Gasteiger charge is -2.37. The quantitative estimate of drug-likeness (QED) is 0.135. The molecule has 8 amide bonds. The fourth-order valence-corrected chi connectivity index (χ4v) is 9.52. The van der Waals surface area contributed by atoms with Gasteiger partial charge in [0.25, 0.3) is 0 Å². The van der Waals surface area contributed by atoms with Crippen LogP contribution in [0.25, 0.3) is 0 Å². The molecule has 0 radical (unpaired) electrons. The smallest absolute Gasteiger partial charge is 0.410 e. The van der Waals surface area contributed by atoms with Crippen LogP contribution in [0.15, 0.2) is 0 Å². The SMILES string of the molecule is CC(C)(C)OC(=O)N1CCN2C(=O)N(CCCC(C)(C)C(=O)O)CC2C1.CC(C)(CCCN1CC2CCCCN2C1=O)C(=O)O.CC(C)(CO)CCCN1CC2CN(C(=O)OC(C)(C)C)CCN2C1=O.[2H]CF.[2H]PC. The Bertz CT molecular complexity index is 1910. The molecule has 3 N–H and O–H groups in total. The van der Waals surface area contributed by atoms with E-state index in [-0.39, 0.29) is 54.4 Å². The molecule has 6 saturated heterocycles. The van der Waals surface area contributed by atoms with Gasteiger partial charge in [0.15, 0.2) is 0 Å². The number of alkyl halides is 1. The zero-order valence-corrected chi connectivity index (χ0v) is 48.2. The molecule has 0 aromatic heterocycles. The zero-order chi connectivity index (χ0) is 58.0. The molecule has 6 rings (SSSR count). The van der Waals surface area contributed by atoms with E-state index in [4.69, 9.17) is 17.2 Å². The van der Waals surface area contributed by atoms with Gasteiger partial charge in [-0.1, -0.05) is 20.5 Å². The highest BCUT2D eigenvalue weighted by Gasteiger charge is 2.44. The first-order chi connectivity index (χ1) is 35.2. The van der Waals surface area contributed by atoms with E-state index < -0.39 is 41.1 Å². The highest BCUT2D eigenvalue weighted by molar-refractivity contribution is 7.15. The van der Waals surface area contributed by atoms with E-state index in [0.717, 1.165) is 45.2 Å². The normalized spacial score (nSPS) is 21.4. The number of piperidine rings is 1. The second-order valence-electron chi connectivity index (χ2n) is 24.1. The summed E-state index contributed by atoms with van der Waals surface area (Å²) < 4.78 is 32.6. The number of piperazine rings is 2. The maximum Gasteiger partial charge on any atom is 0.410 e. The molecule has 0 bridgehead atoms. The van der Waals surface area contributed by atoms with Crippen molar-refractivity contribution in [2.45, 2.75) is 170 Å². The summed E-state index contributed by atoms with van der Waals surface area (Å²) in [4.78, 5) is 98.5. The third-order valence-corrected chi connectivity index (χ3v) is 14.1. The van der Waals surface area contributed by atoms with Gasteiger partial charge in [-0.05, 0) is 132 Å². The number of carboxylic acids is 2. The number of fused-ring (bicyclic) bond motifs is 3. The molecular weight excluding hydrogens is 979 g/mol. The minimum atomic E-state index is -1.00. The molecule has 6 aliphatic heterocycles. The van der Waals surface area contributed by atoms with Crippen molar-refractivity contribution in [1.29, 1.82) is 1.28 Å². The maximum atomic E-state index is 12.5. The number of halogens is 1. The van der Waals surface area contributed by atoms with Gasteiger partial charge in [-0.15, -0.1) is 9.18 Å². The van der Waals surface area contributed by atoms with Gasteiger partial charge < -0.3 is 64.0 Å². The lowest BCUT2D eigenvalue weighted by molar-refractivity contribution is -0.148. The molecule has 22 heteroatoms. The van der Waals surface area contributed by atoms with Crippen molar-refractivity contribution >= 4 is 51.4 Å². The Morgan fingerprint density at radius 2 is 0.932 bits per heavy atom. The van der Waals surface area contributed by atoms with E-state index in [1.807, 2.05) is 86.6 Å². The summed E-state index contributed by atoms with van der Waals surface area (Å²) in [5.41, 5.74) is -2.64. The Morgan fingerprint density at radius 1 is 0.595 bits per heavy atom. The fourth-order valence-electron chi connectivity index (χ4n) is 9.52. The van der Waals surface area contributed by atoms with Crippen LogP contribution in [0.3, 0.4) is 0 Å². The van der Waals surface area contributed by atoms with E-state index >= 15 is 0 Å². The molecule has 20 nitrogen and oxygen atoms in total. The Balaban J connectivity index is 0.000000374. The number of carbonyl (C=O) groups is 7.